The zero-order chi connectivity index (χ0) is 15.3. The van der Waals surface area contributed by atoms with E-state index in [2.05, 4.69) is 5.32 Å². The first-order valence-electron chi connectivity index (χ1n) is 7.05. The van der Waals surface area contributed by atoms with Gasteiger partial charge in [0.15, 0.2) is 5.76 Å². The molecule has 1 aromatic heterocycles. The normalized spacial score (nSPS) is 11.4. The van der Waals surface area contributed by atoms with Gasteiger partial charge >= 0.3 is 0 Å². The third-order valence-electron chi connectivity index (χ3n) is 3.47. The molecular formula is C17H21NO3. The molecule has 0 saturated carbocycles. The predicted molar refractivity (Wildman–Crippen MR) is 82.0 cm³/mol. The average Bonchev–Trinajstić information content (AvgIpc) is 2.95. The van der Waals surface area contributed by atoms with Crippen molar-refractivity contribution in [1.29, 1.82) is 0 Å². The lowest BCUT2D eigenvalue weighted by Crippen LogP contribution is -2.34. The Bertz CT molecular complexity index is 587. The van der Waals surface area contributed by atoms with Crippen LogP contribution in [0.5, 0.6) is 0 Å². The SMILES string of the molecule is CC(C)(CCO)CNC(=O)c1occc1-c1ccccc1. The highest BCUT2D eigenvalue weighted by Crippen LogP contribution is 2.25. The number of hydrogen-bond donors (Lipinski definition) is 2. The van der Waals surface area contributed by atoms with Gasteiger partial charge in [-0.3, -0.25) is 4.79 Å². The van der Waals surface area contributed by atoms with Crippen molar-refractivity contribution in [2.75, 3.05) is 13.2 Å². The van der Waals surface area contributed by atoms with Gasteiger partial charge in [0, 0.05) is 18.7 Å². The minimum Gasteiger partial charge on any atom is -0.459 e. The van der Waals surface area contributed by atoms with Gasteiger partial charge in [-0.15, -0.1) is 0 Å². The number of amides is 1. The van der Waals surface area contributed by atoms with E-state index in [0.29, 0.717) is 18.7 Å². The summed E-state index contributed by atoms with van der Waals surface area (Å²) in [5.41, 5.74) is 1.59. The minimum atomic E-state index is -0.232. The predicted octanol–water partition coefficient (Wildman–Crippen LogP) is 3.09. The van der Waals surface area contributed by atoms with Crippen LogP contribution in [0.2, 0.25) is 0 Å². The molecule has 2 rings (SSSR count). The number of aliphatic hydroxyl groups excluding tert-OH is 1. The van der Waals surface area contributed by atoms with Crippen molar-refractivity contribution >= 4 is 5.91 Å². The van der Waals surface area contributed by atoms with Crippen molar-refractivity contribution in [2.45, 2.75) is 20.3 Å². The Morgan fingerprint density at radius 2 is 1.95 bits per heavy atom. The van der Waals surface area contributed by atoms with Crippen LogP contribution in [0.25, 0.3) is 11.1 Å². The molecule has 0 aliphatic carbocycles. The van der Waals surface area contributed by atoms with E-state index in [9.17, 15) is 4.79 Å². The van der Waals surface area contributed by atoms with Crippen LogP contribution in [0.1, 0.15) is 30.8 Å². The summed E-state index contributed by atoms with van der Waals surface area (Å²) in [5.74, 6) is 0.0888. The zero-order valence-electron chi connectivity index (χ0n) is 12.4. The molecule has 112 valence electrons. The van der Waals surface area contributed by atoms with Gasteiger partial charge in [0.2, 0.25) is 0 Å². The molecule has 21 heavy (non-hydrogen) atoms. The molecule has 0 bridgehead atoms. The van der Waals surface area contributed by atoms with Crippen molar-refractivity contribution in [1.82, 2.24) is 5.32 Å². The highest BCUT2D eigenvalue weighted by atomic mass is 16.3. The highest BCUT2D eigenvalue weighted by Gasteiger charge is 2.21. The van der Waals surface area contributed by atoms with Crippen LogP contribution in [-0.2, 0) is 0 Å². The van der Waals surface area contributed by atoms with Crippen LogP contribution in [-0.4, -0.2) is 24.2 Å². The summed E-state index contributed by atoms with van der Waals surface area (Å²) in [6, 6.07) is 11.5. The first kappa shape index (κ1) is 15.3. The molecule has 0 spiro atoms. The standard InChI is InChI=1S/C17H21NO3/c1-17(2,9-10-19)12-18-16(20)15-14(8-11-21-15)13-6-4-3-5-7-13/h3-8,11,19H,9-10,12H2,1-2H3,(H,18,20). The summed E-state index contributed by atoms with van der Waals surface area (Å²) < 4.78 is 5.34. The summed E-state index contributed by atoms with van der Waals surface area (Å²) >= 11 is 0. The lowest BCUT2D eigenvalue weighted by molar-refractivity contribution is 0.0901. The second-order valence-corrected chi connectivity index (χ2v) is 5.85. The minimum absolute atomic E-state index is 0.110. The molecule has 0 aliphatic rings. The summed E-state index contributed by atoms with van der Waals surface area (Å²) in [4.78, 5) is 12.3. The Kier molecular flexibility index (Phi) is 4.81. The van der Waals surface area contributed by atoms with Crippen LogP contribution in [0.3, 0.4) is 0 Å². The van der Waals surface area contributed by atoms with Crippen molar-refractivity contribution in [3.63, 3.8) is 0 Å². The molecule has 0 radical (unpaired) electrons. The van der Waals surface area contributed by atoms with Crippen molar-refractivity contribution < 1.29 is 14.3 Å². The molecule has 2 N–H and O–H groups in total. The first-order valence-corrected chi connectivity index (χ1v) is 7.05. The number of aliphatic hydroxyl groups is 1. The third kappa shape index (κ3) is 3.95. The number of furan rings is 1. The monoisotopic (exact) mass is 287 g/mol. The Morgan fingerprint density at radius 1 is 1.24 bits per heavy atom. The largest absolute Gasteiger partial charge is 0.459 e. The van der Waals surface area contributed by atoms with Crippen LogP contribution >= 0.6 is 0 Å². The topological polar surface area (TPSA) is 62.5 Å². The summed E-state index contributed by atoms with van der Waals surface area (Å²) in [6.45, 7) is 4.60. The van der Waals surface area contributed by atoms with E-state index in [1.54, 1.807) is 6.07 Å². The van der Waals surface area contributed by atoms with Gasteiger partial charge in [0.05, 0.1) is 6.26 Å². The number of hydrogen-bond acceptors (Lipinski definition) is 3. The van der Waals surface area contributed by atoms with Crippen LogP contribution in [0, 0.1) is 5.41 Å². The maximum Gasteiger partial charge on any atom is 0.287 e. The average molecular weight is 287 g/mol. The summed E-state index contributed by atoms with van der Waals surface area (Å²) in [6.07, 6.45) is 2.16. The van der Waals surface area contributed by atoms with Crippen LogP contribution < -0.4 is 5.32 Å². The number of carbonyl (C=O) groups excluding carboxylic acids is 1. The van der Waals surface area contributed by atoms with Gasteiger partial charge in [0.1, 0.15) is 0 Å². The fourth-order valence-corrected chi connectivity index (χ4v) is 2.12. The summed E-state index contributed by atoms with van der Waals surface area (Å²) in [5, 5.41) is 11.9. The van der Waals surface area contributed by atoms with Gasteiger partial charge in [-0.1, -0.05) is 44.2 Å². The fourth-order valence-electron chi connectivity index (χ4n) is 2.12. The van der Waals surface area contributed by atoms with Crippen molar-refractivity contribution in [2.24, 2.45) is 5.41 Å². The van der Waals surface area contributed by atoms with E-state index in [-0.39, 0.29) is 17.9 Å². The molecule has 0 fully saturated rings. The molecule has 0 unspecified atom stereocenters. The number of benzene rings is 1. The highest BCUT2D eigenvalue weighted by molar-refractivity contribution is 5.98. The van der Waals surface area contributed by atoms with Gasteiger partial charge in [-0.05, 0) is 23.5 Å². The number of carbonyl (C=O) groups is 1. The quantitative estimate of drug-likeness (QED) is 0.858. The van der Waals surface area contributed by atoms with E-state index in [1.165, 1.54) is 6.26 Å². The van der Waals surface area contributed by atoms with Crippen LogP contribution in [0.15, 0.2) is 47.1 Å². The van der Waals surface area contributed by atoms with Gasteiger partial charge in [-0.25, -0.2) is 0 Å². The number of rotatable bonds is 6. The molecular weight excluding hydrogens is 266 g/mol. The van der Waals surface area contributed by atoms with E-state index >= 15 is 0 Å². The fraction of sp³-hybridized carbons (Fsp3) is 0.353. The molecule has 1 aromatic carbocycles. The van der Waals surface area contributed by atoms with Gasteiger partial charge in [0.25, 0.3) is 5.91 Å². The lowest BCUT2D eigenvalue weighted by Gasteiger charge is -2.23. The number of nitrogens with one attached hydrogen (secondary N) is 1. The van der Waals surface area contributed by atoms with E-state index in [4.69, 9.17) is 9.52 Å². The van der Waals surface area contributed by atoms with E-state index < -0.39 is 0 Å². The molecule has 4 nitrogen and oxygen atoms in total. The maximum atomic E-state index is 12.3. The molecule has 2 aromatic rings. The molecule has 1 amide bonds. The summed E-state index contributed by atoms with van der Waals surface area (Å²) in [7, 11) is 0. The van der Waals surface area contributed by atoms with Crippen molar-refractivity contribution in [3.05, 3.63) is 48.4 Å². The zero-order valence-corrected chi connectivity index (χ0v) is 12.4. The Labute approximate surface area is 124 Å². The van der Waals surface area contributed by atoms with E-state index in [0.717, 1.165) is 11.1 Å². The van der Waals surface area contributed by atoms with Crippen LogP contribution in [0.4, 0.5) is 0 Å². The van der Waals surface area contributed by atoms with Crippen molar-refractivity contribution in [3.8, 4) is 11.1 Å². The first-order chi connectivity index (χ1) is 10.0. The smallest absolute Gasteiger partial charge is 0.287 e. The van der Waals surface area contributed by atoms with E-state index in [1.807, 2.05) is 44.2 Å². The molecule has 0 saturated heterocycles. The maximum absolute atomic E-state index is 12.3. The Hall–Kier alpha value is -2.07. The second kappa shape index (κ2) is 6.59. The lowest BCUT2D eigenvalue weighted by atomic mass is 9.90. The molecule has 1 heterocycles. The van der Waals surface area contributed by atoms with Gasteiger partial charge < -0.3 is 14.8 Å². The molecule has 4 heteroatoms. The Morgan fingerprint density at radius 3 is 2.62 bits per heavy atom. The third-order valence-corrected chi connectivity index (χ3v) is 3.47. The second-order valence-electron chi connectivity index (χ2n) is 5.85. The molecule has 0 atom stereocenters. The Balaban J connectivity index is 2.10. The molecule has 0 aliphatic heterocycles. The van der Waals surface area contributed by atoms with Gasteiger partial charge in [-0.2, -0.15) is 0 Å².